The molecule has 5 heteroatoms. The van der Waals surface area contributed by atoms with Crippen molar-refractivity contribution in [2.24, 2.45) is 0 Å². The molecule has 1 aromatic rings. The highest BCUT2D eigenvalue weighted by atomic mass is 16.6. The first-order chi connectivity index (χ1) is 6.52. The van der Waals surface area contributed by atoms with Gasteiger partial charge in [0.15, 0.2) is 0 Å². The number of amides is 1. The minimum atomic E-state index is -0.439. The molecule has 0 saturated heterocycles. The summed E-state index contributed by atoms with van der Waals surface area (Å²) in [5, 5.41) is 0. The average Bonchev–Trinajstić information content (AvgIpc) is 2.12. The van der Waals surface area contributed by atoms with Gasteiger partial charge >= 0.3 is 6.09 Å². The molecule has 1 heterocycles. The molecule has 5 nitrogen and oxygen atoms in total. The summed E-state index contributed by atoms with van der Waals surface area (Å²) >= 11 is 0. The molecular weight excluding hydrogens is 182 g/mol. The molecule has 14 heavy (non-hydrogen) atoms. The molecule has 0 aliphatic carbocycles. The highest BCUT2D eigenvalue weighted by molar-refractivity contribution is 5.69. The molecule has 0 aliphatic rings. The van der Waals surface area contributed by atoms with Crippen LogP contribution in [0.2, 0.25) is 0 Å². The zero-order valence-corrected chi connectivity index (χ0v) is 8.74. The van der Waals surface area contributed by atoms with Crippen molar-refractivity contribution >= 4 is 6.09 Å². The minimum Gasteiger partial charge on any atom is -0.391 e. The molecule has 0 unspecified atom stereocenters. The Morgan fingerprint density at radius 2 is 2.00 bits per heavy atom. The smallest absolute Gasteiger partial charge is 0.391 e. The normalized spacial score (nSPS) is 9.71. The number of aromatic nitrogens is 2. The van der Waals surface area contributed by atoms with E-state index in [0.29, 0.717) is 5.88 Å². The summed E-state index contributed by atoms with van der Waals surface area (Å²) in [6.45, 7) is 3.65. The van der Waals surface area contributed by atoms with Crippen LogP contribution in [0.5, 0.6) is 5.88 Å². The number of hydrogen-bond acceptors (Lipinski definition) is 4. The van der Waals surface area contributed by atoms with Crippen molar-refractivity contribution in [1.82, 2.24) is 14.9 Å². The molecule has 0 fully saturated rings. The maximum absolute atomic E-state index is 11.2. The van der Waals surface area contributed by atoms with Gasteiger partial charge in [0.25, 0.3) is 0 Å². The molecular formula is C9H13N3O2. The Hall–Kier alpha value is -1.65. The van der Waals surface area contributed by atoms with E-state index in [2.05, 4.69) is 9.97 Å². The molecule has 0 aromatic carbocycles. The molecule has 1 rings (SSSR count). The van der Waals surface area contributed by atoms with E-state index in [1.165, 1.54) is 11.2 Å². The third-order valence-electron chi connectivity index (χ3n) is 1.84. The predicted molar refractivity (Wildman–Crippen MR) is 51.2 cm³/mol. The number of hydrogen-bond donors (Lipinski definition) is 0. The van der Waals surface area contributed by atoms with Crippen molar-refractivity contribution in [1.29, 1.82) is 0 Å². The van der Waals surface area contributed by atoms with Crippen LogP contribution in [-0.2, 0) is 0 Å². The van der Waals surface area contributed by atoms with Crippen LogP contribution in [0, 0.1) is 13.8 Å². The van der Waals surface area contributed by atoms with E-state index in [1.54, 1.807) is 14.1 Å². The molecule has 0 aliphatic heterocycles. The van der Waals surface area contributed by atoms with Gasteiger partial charge in [-0.25, -0.2) is 14.8 Å². The van der Waals surface area contributed by atoms with Crippen molar-refractivity contribution in [2.75, 3.05) is 14.1 Å². The standard InChI is InChI=1S/C9H13N3O2/c1-6-7(2)10-5-11-8(6)14-9(13)12(3)4/h5H,1-4H3. The van der Waals surface area contributed by atoms with Crippen LogP contribution >= 0.6 is 0 Å². The third kappa shape index (κ3) is 2.18. The van der Waals surface area contributed by atoms with Crippen molar-refractivity contribution in [3.8, 4) is 5.88 Å². The van der Waals surface area contributed by atoms with E-state index in [9.17, 15) is 4.79 Å². The maximum atomic E-state index is 11.2. The van der Waals surface area contributed by atoms with Crippen molar-refractivity contribution < 1.29 is 9.53 Å². The Balaban J connectivity index is 2.87. The number of aryl methyl sites for hydroxylation is 1. The van der Waals surface area contributed by atoms with Gasteiger partial charge in [0.05, 0.1) is 0 Å². The first-order valence-electron chi connectivity index (χ1n) is 4.19. The monoisotopic (exact) mass is 195 g/mol. The number of rotatable bonds is 1. The second-order valence-corrected chi connectivity index (χ2v) is 3.15. The summed E-state index contributed by atoms with van der Waals surface area (Å²) in [5.41, 5.74) is 1.59. The number of nitrogens with zero attached hydrogens (tertiary/aromatic N) is 3. The van der Waals surface area contributed by atoms with Gasteiger partial charge in [0.1, 0.15) is 6.33 Å². The average molecular weight is 195 g/mol. The van der Waals surface area contributed by atoms with Gasteiger partial charge in [-0.2, -0.15) is 0 Å². The van der Waals surface area contributed by atoms with Crippen LogP contribution in [0.3, 0.4) is 0 Å². The highest BCUT2D eigenvalue weighted by Gasteiger charge is 2.11. The Morgan fingerprint density at radius 1 is 1.36 bits per heavy atom. The van der Waals surface area contributed by atoms with Crippen LogP contribution in [0.15, 0.2) is 6.33 Å². The van der Waals surface area contributed by atoms with Gasteiger partial charge in [-0.1, -0.05) is 0 Å². The largest absolute Gasteiger partial charge is 0.416 e. The fourth-order valence-corrected chi connectivity index (χ4v) is 0.793. The second kappa shape index (κ2) is 4.04. The first kappa shape index (κ1) is 10.4. The lowest BCUT2D eigenvalue weighted by molar-refractivity contribution is 0.169. The van der Waals surface area contributed by atoms with E-state index in [-0.39, 0.29) is 0 Å². The van der Waals surface area contributed by atoms with Crippen molar-refractivity contribution in [3.63, 3.8) is 0 Å². The second-order valence-electron chi connectivity index (χ2n) is 3.15. The van der Waals surface area contributed by atoms with Crippen LogP contribution in [-0.4, -0.2) is 35.1 Å². The Labute approximate surface area is 82.7 Å². The summed E-state index contributed by atoms with van der Waals surface area (Å²) in [6, 6.07) is 0. The molecule has 0 spiro atoms. The van der Waals surface area contributed by atoms with Gasteiger partial charge in [0.2, 0.25) is 5.88 Å². The van der Waals surface area contributed by atoms with Crippen LogP contribution in [0.25, 0.3) is 0 Å². The van der Waals surface area contributed by atoms with E-state index in [0.717, 1.165) is 11.3 Å². The number of ether oxygens (including phenoxy) is 1. The molecule has 1 aromatic heterocycles. The predicted octanol–water partition coefficient (Wildman–Crippen LogP) is 1.15. The van der Waals surface area contributed by atoms with Crippen molar-refractivity contribution in [2.45, 2.75) is 13.8 Å². The van der Waals surface area contributed by atoms with Gasteiger partial charge in [-0.3, -0.25) is 0 Å². The zero-order valence-electron chi connectivity index (χ0n) is 8.74. The van der Waals surface area contributed by atoms with E-state index in [4.69, 9.17) is 4.74 Å². The molecule has 0 atom stereocenters. The fraction of sp³-hybridized carbons (Fsp3) is 0.444. The molecule has 1 amide bonds. The van der Waals surface area contributed by atoms with Crippen LogP contribution in [0.1, 0.15) is 11.3 Å². The quantitative estimate of drug-likeness (QED) is 0.674. The topological polar surface area (TPSA) is 55.3 Å². The van der Waals surface area contributed by atoms with Crippen molar-refractivity contribution in [3.05, 3.63) is 17.6 Å². The summed E-state index contributed by atoms with van der Waals surface area (Å²) in [7, 11) is 3.23. The number of carbonyl (C=O) groups excluding carboxylic acids is 1. The Kier molecular flexibility index (Phi) is 3.01. The SMILES string of the molecule is Cc1ncnc(OC(=O)N(C)C)c1C. The van der Waals surface area contributed by atoms with Gasteiger partial charge in [-0.15, -0.1) is 0 Å². The van der Waals surface area contributed by atoms with E-state index < -0.39 is 6.09 Å². The Bertz CT molecular complexity index is 350. The molecule has 76 valence electrons. The number of carbonyl (C=O) groups is 1. The minimum absolute atomic E-state index is 0.316. The maximum Gasteiger partial charge on any atom is 0.416 e. The van der Waals surface area contributed by atoms with Gasteiger partial charge in [0, 0.05) is 25.4 Å². The summed E-state index contributed by atoms with van der Waals surface area (Å²) in [6.07, 6.45) is 0.937. The zero-order chi connectivity index (χ0) is 10.7. The molecule has 0 bridgehead atoms. The summed E-state index contributed by atoms with van der Waals surface area (Å²) in [4.78, 5) is 20.4. The lowest BCUT2D eigenvalue weighted by atomic mass is 10.3. The molecule has 0 radical (unpaired) electrons. The lowest BCUT2D eigenvalue weighted by Gasteiger charge is -2.11. The summed E-state index contributed by atoms with van der Waals surface area (Å²) < 4.78 is 5.02. The fourth-order valence-electron chi connectivity index (χ4n) is 0.793. The van der Waals surface area contributed by atoms with E-state index >= 15 is 0 Å². The Morgan fingerprint density at radius 3 is 2.57 bits per heavy atom. The lowest BCUT2D eigenvalue weighted by Crippen LogP contribution is -2.26. The van der Waals surface area contributed by atoms with E-state index in [1.807, 2.05) is 13.8 Å². The summed E-state index contributed by atoms with van der Waals surface area (Å²) in [5.74, 6) is 0.316. The van der Waals surface area contributed by atoms with Gasteiger partial charge in [-0.05, 0) is 13.8 Å². The molecule has 0 N–H and O–H groups in total. The van der Waals surface area contributed by atoms with Crippen LogP contribution in [0.4, 0.5) is 4.79 Å². The first-order valence-corrected chi connectivity index (χ1v) is 4.19. The highest BCUT2D eigenvalue weighted by Crippen LogP contribution is 2.15. The molecule has 0 saturated carbocycles. The van der Waals surface area contributed by atoms with Gasteiger partial charge < -0.3 is 9.64 Å². The van der Waals surface area contributed by atoms with Crippen LogP contribution < -0.4 is 4.74 Å². The third-order valence-corrected chi connectivity index (χ3v) is 1.84.